The zero-order valence-electron chi connectivity index (χ0n) is 19.4. The molecule has 0 saturated carbocycles. The van der Waals surface area contributed by atoms with Gasteiger partial charge in [-0.05, 0) is 38.5 Å². The van der Waals surface area contributed by atoms with Gasteiger partial charge in [0.2, 0.25) is 11.8 Å². The van der Waals surface area contributed by atoms with Crippen molar-refractivity contribution in [2.24, 2.45) is 5.92 Å². The van der Waals surface area contributed by atoms with E-state index in [9.17, 15) is 24.0 Å². The van der Waals surface area contributed by atoms with Crippen molar-refractivity contribution in [1.82, 2.24) is 15.5 Å². The number of fused-ring (bicyclic) bond motifs is 1. The van der Waals surface area contributed by atoms with Gasteiger partial charge in [0.25, 0.3) is 11.8 Å². The van der Waals surface area contributed by atoms with Gasteiger partial charge in [-0.3, -0.25) is 29.4 Å². The fourth-order valence-corrected chi connectivity index (χ4v) is 4.03. The molecule has 3 heterocycles. The smallest absolute Gasteiger partial charge is 0.262 e. The lowest BCUT2D eigenvalue weighted by Gasteiger charge is -2.38. The number of rotatable bonds is 6. The van der Waals surface area contributed by atoms with E-state index >= 15 is 0 Å². The average Bonchev–Trinajstić information content (AvgIpc) is 3.04. The number of nitrogens with zero attached hydrogens (tertiary/aromatic N) is 2. The molecule has 0 aromatic heterocycles. The van der Waals surface area contributed by atoms with Gasteiger partial charge in [-0.2, -0.15) is 0 Å². The Labute approximate surface area is 202 Å². The van der Waals surface area contributed by atoms with E-state index in [1.54, 1.807) is 38.2 Å². The van der Waals surface area contributed by atoms with E-state index in [0.717, 1.165) is 23.1 Å². The summed E-state index contributed by atoms with van der Waals surface area (Å²) in [6.45, 7) is 4.66. The maximum absolute atomic E-state index is 13.0. The second-order valence-corrected chi connectivity index (χ2v) is 9.28. The Kier molecular flexibility index (Phi) is 6.26. The summed E-state index contributed by atoms with van der Waals surface area (Å²) in [4.78, 5) is 63.4. The second kappa shape index (κ2) is 9.18. The van der Waals surface area contributed by atoms with Crippen molar-refractivity contribution in [3.63, 3.8) is 0 Å². The summed E-state index contributed by atoms with van der Waals surface area (Å²) >= 11 is 0. The molecule has 10 nitrogen and oxygen atoms in total. The van der Waals surface area contributed by atoms with Crippen LogP contribution in [0.1, 0.15) is 47.4 Å². The number of hydrogen-bond acceptors (Lipinski definition) is 8. The Morgan fingerprint density at radius 3 is 2.54 bits per heavy atom. The third kappa shape index (κ3) is 4.71. The largest absolute Gasteiger partial charge is 0.378 e. The van der Waals surface area contributed by atoms with Gasteiger partial charge in [0.15, 0.2) is 0 Å². The molecule has 4 amide bonds. The lowest BCUT2D eigenvalue weighted by Crippen LogP contribution is -2.54. The second-order valence-electron chi connectivity index (χ2n) is 9.28. The molecular weight excluding hydrogens is 450 g/mol. The zero-order chi connectivity index (χ0) is 25.3. The van der Waals surface area contributed by atoms with Crippen LogP contribution in [0.5, 0.6) is 0 Å². The highest BCUT2D eigenvalue weighted by atomic mass is 16.2. The molecule has 1 aromatic rings. The Morgan fingerprint density at radius 1 is 1.17 bits per heavy atom. The molecule has 0 aliphatic carbocycles. The number of imide groups is 2. The minimum atomic E-state index is -0.991. The standard InChI is InChI=1S/C25H25N5O5/c1-25(2,14-31)27-11-15(10-26)3-4-16-12-29(13-16)17-5-6-18-19(9-17)24(35)30(23(18)34)20-7-8-21(32)28-22(20)33/h5-6,9-11,14,16,20,26-27H,7-8,12-13H2,1-2H3,(H,28,32,33)/b15-11-,26-10?. The van der Waals surface area contributed by atoms with Gasteiger partial charge in [-0.1, -0.05) is 11.8 Å². The van der Waals surface area contributed by atoms with Crippen molar-refractivity contribution < 1.29 is 24.0 Å². The van der Waals surface area contributed by atoms with Crippen LogP contribution in [0.3, 0.4) is 0 Å². The number of carbonyl (C=O) groups is 5. The van der Waals surface area contributed by atoms with Crippen molar-refractivity contribution in [2.75, 3.05) is 18.0 Å². The van der Waals surface area contributed by atoms with Crippen molar-refractivity contribution in [3.05, 3.63) is 41.1 Å². The van der Waals surface area contributed by atoms with Crippen molar-refractivity contribution in [1.29, 1.82) is 5.41 Å². The van der Waals surface area contributed by atoms with Gasteiger partial charge in [0, 0.05) is 37.6 Å². The van der Waals surface area contributed by atoms with Crippen LogP contribution in [0.2, 0.25) is 0 Å². The van der Waals surface area contributed by atoms with Gasteiger partial charge in [0.1, 0.15) is 12.3 Å². The molecule has 4 rings (SSSR count). The minimum Gasteiger partial charge on any atom is -0.378 e. The van der Waals surface area contributed by atoms with Crippen molar-refractivity contribution in [2.45, 2.75) is 38.3 Å². The maximum atomic E-state index is 13.0. The fraction of sp³-hybridized carbons (Fsp3) is 0.360. The molecule has 3 aliphatic rings. The van der Waals surface area contributed by atoms with Crippen LogP contribution in [0.15, 0.2) is 30.0 Å². The predicted octanol–water partition coefficient (Wildman–Crippen LogP) is 0.628. The van der Waals surface area contributed by atoms with Crippen molar-refractivity contribution >= 4 is 41.8 Å². The first-order valence-corrected chi connectivity index (χ1v) is 11.2. The molecule has 0 radical (unpaired) electrons. The van der Waals surface area contributed by atoms with Crippen LogP contribution in [-0.4, -0.2) is 65.7 Å². The highest BCUT2D eigenvalue weighted by Gasteiger charge is 2.45. The van der Waals surface area contributed by atoms with Gasteiger partial charge >= 0.3 is 0 Å². The third-order valence-electron chi connectivity index (χ3n) is 6.14. The summed E-state index contributed by atoms with van der Waals surface area (Å²) in [5.74, 6) is 3.99. The third-order valence-corrected chi connectivity index (χ3v) is 6.14. The molecule has 35 heavy (non-hydrogen) atoms. The number of allylic oxidation sites excluding steroid dienone is 1. The van der Waals surface area contributed by atoms with Gasteiger partial charge in [-0.25, -0.2) is 0 Å². The number of nitrogens with one attached hydrogen (secondary N) is 3. The number of piperidine rings is 1. The Bertz CT molecular complexity index is 1230. The van der Waals surface area contributed by atoms with E-state index in [4.69, 9.17) is 5.41 Å². The molecule has 3 N–H and O–H groups in total. The molecule has 2 saturated heterocycles. The fourth-order valence-electron chi connectivity index (χ4n) is 4.03. The topological polar surface area (TPSA) is 140 Å². The summed E-state index contributed by atoms with van der Waals surface area (Å²) in [5.41, 5.74) is 0.957. The van der Waals surface area contributed by atoms with Crippen LogP contribution in [0, 0.1) is 23.2 Å². The lowest BCUT2D eigenvalue weighted by atomic mass is 9.98. The highest BCUT2D eigenvalue weighted by molar-refractivity contribution is 6.23. The van der Waals surface area contributed by atoms with E-state index < -0.39 is 35.2 Å². The molecule has 3 aliphatic heterocycles. The van der Waals surface area contributed by atoms with E-state index in [-0.39, 0.29) is 29.9 Å². The Hall–Kier alpha value is -4.26. The molecule has 1 aromatic carbocycles. The average molecular weight is 476 g/mol. The van der Waals surface area contributed by atoms with Gasteiger partial charge in [0.05, 0.1) is 28.2 Å². The molecule has 180 valence electrons. The molecule has 1 unspecified atom stereocenters. The quantitative estimate of drug-likeness (QED) is 0.237. The number of aldehydes is 1. The SMILES string of the molecule is CC(C)(C=O)N/C=C(/C#CC1CN(c2ccc3c(c2)C(=O)N(C2CCC(=O)NC2=O)C3=O)C1)C=N. The van der Waals surface area contributed by atoms with Crippen LogP contribution in [0.4, 0.5) is 5.69 Å². The van der Waals surface area contributed by atoms with Crippen LogP contribution in [0.25, 0.3) is 0 Å². The minimum absolute atomic E-state index is 0.0583. The van der Waals surface area contributed by atoms with E-state index in [1.807, 2.05) is 4.90 Å². The monoisotopic (exact) mass is 475 g/mol. The van der Waals surface area contributed by atoms with Crippen LogP contribution >= 0.6 is 0 Å². The predicted molar refractivity (Wildman–Crippen MR) is 127 cm³/mol. The summed E-state index contributed by atoms with van der Waals surface area (Å²) in [6, 6.07) is 4.01. The van der Waals surface area contributed by atoms with Crippen LogP contribution < -0.4 is 15.5 Å². The molecule has 0 spiro atoms. The number of amides is 4. The van der Waals surface area contributed by atoms with E-state index in [2.05, 4.69) is 22.5 Å². The van der Waals surface area contributed by atoms with Crippen LogP contribution in [-0.2, 0) is 14.4 Å². The number of anilines is 1. The maximum Gasteiger partial charge on any atom is 0.262 e. The normalized spacial score (nSPS) is 20.5. The summed E-state index contributed by atoms with van der Waals surface area (Å²) in [5, 5.41) is 12.6. The molecule has 2 fully saturated rings. The summed E-state index contributed by atoms with van der Waals surface area (Å²) in [7, 11) is 0. The Balaban J connectivity index is 1.42. The number of benzene rings is 1. The van der Waals surface area contributed by atoms with E-state index in [1.165, 1.54) is 0 Å². The molecule has 10 heteroatoms. The van der Waals surface area contributed by atoms with Gasteiger partial charge < -0.3 is 20.4 Å². The lowest BCUT2D eigenvalue weighted by molar-refractivity contribution is -0.136. The summed E-state index contributed by atoms with van der Waals surface area (Å²) < 4.78 is 0. The van der Waals surface area contributed by atoms with E-state index in [0.29, 0.717) is 18.7 Å². The first kappa shape index (κ1) is 23.9. The first-order chi connectivity index (χ1) is 16.6. The van der Waals surface area contributed by atoms with Gasteiger partial charge in [-0.15, -0.1) is 0 Å². The molecular formula is C25H25N5O5. The zero-order valence-corrected chi connectivity index (χ0v) is 19.4. The molecule has 0 bridgehead atoms. The highest BCUT2D eigenvalue weighted by Crippen LogP contribution is 2.32. The van der Waals surface area contributed by atoms with Crippen molar-refractivity contribution in [3.8, 4) is 11.8 Å². The number of hydrogen-bond donors (Lipinski definition) is 3. The molecule has 1 atom stereocenters. The number of carbonyl (C=O) groups excluding carboxylic acids is 5. The Morgan fingerprint density at radius 2 is 1.89 bits per heavy atom. The first-order valence-electron chi connectivity index (χ1n) is 11.2. The summed E-state index contributed by atoms with van der Waals surface area (Å²) in [6.07, 6.45) is 3.63.